The van der Waals surface area contributed by atoms with E-state index in [0.29, 0.717) is 26.2 Å². The Morgan fingerprint density at radius 3 is 2.75 bits per heavy atom. The molecular formula is C22H26N4O2. The number of benzene rings is 1. The average molecular weight is 378 g/mol. The standard InChI is InChI=1S/C22H26N4O2/c1-25(15-18-9-5-6-11-23-18)20(27)19-13-22(19)10-12-26(16-22)21(28)24-14-17-7-3-2-4-8-17/h2-9,11,19H,10,12-16H2,1H3,(H,24,28)/t19-,22+/m1/s1. The molecule has 1 aromatic carbocycles. The van der Waals surface area contributed by atoms with Crippen molar-refractivity contribution in [3.63, 3.8) is 0 Å². The van der Waals surface area contributed by atoms with Gasteiger partial charge in [-0.05, 0) is 30.5 Å². The molecule has 28 heavy (non-hydrogen) atoms. The van der Waals surface area contributed by atoms with Crippen LogP contribution in [0.4, 0.5) is 4.79 Å². The Morgan fingerprint density at radius 2 is 2.00 bits per heavy atom. The lowest BCUT2D eigenvalue weighted by Crippen LogP contribution is -2.38. The first kappa shape index (κ1) is 18.5. The van der Waals surface area contributed by atoms with Gasteiger partial charge in [-0.25, -0.2) is 4.79 Å². The molecule has 1 aliphatic carbocycles. The van der Waals surface area contributed by atoms with Crippen LogP contribution >= 0.6 is 0 Å². The van der Waals surface area contributed by atoms with Gasteiger partial charge in [-0.15, -0.1) is 0 Å². The summed E-state index contributed by atoms with van der Waals surface area (Å²) in [4.78, 5) is 33.2. The van der Waals surface area contributed by atoms with Crippen LogP contribution in [0, 0.1) is 11.3 Å². The number of rotatable bonds is 5. The van der Waals surface area contributed by atoms with Crippen LogP contribution in [0.15, 0.2) is 54.7 Å². The lowest BCUT2D eigenvalue weighted by Gasteiger charge is -2.20. The molecule has 0 bridgehead atoms. The molecule has 2 heterocycles. The summed E-state index contributed by atoms with van der Waals surface area (Å²) < 4.78 is 0. The number of nitrogens with zero attached hydrogens (tertiary/aromatic N) is 3. The Hall–Kier alpha value is -2.89. The number of hydrogen-bond donors (Lipinski definition) is 1. The molecule has 1 saturated carbocycles. The summed E-state index contributed by atoms with van der Waals surface area (Å²) in [5, 5.41) is 2.99. The van der Waals surface area contributed by atoms with E-state index in [0.717, 1.165) is 24.1 Å². The summed E-state index contributed by atoms with van der Waals surface area (Å²) in [7, 11) is 1.84. The number of urea groups is 1. The highest BCUT2D eigenvalue weighted by Gasteiger charge is 2.61. The van der Waals surface area contributed by atoms with E-state index in [-0.39, 0.29) is 23.3 Å². The summed E-state index contributed by atoms with van der Waals surface area (Å²) in [6, 6.07) is 15.6. The van der Waals surface area contributed by atoms with Gasteiger partial charge >= 0.3 is 6.03 Å². The fourth-order valence-corrected chi connectivity index (χ4v) is 4.18. The second kappa shape index (κ2) is 7.62. The van der Waals surface area contributed by atoms with Crippen molar-refractivity contribution >= 4 is 11.9 Å². The lowest BCUT2D eigenvalue weighted by atomic mass is 10.0. The van der Waals surface area contributed by atoms with E-state index >= 15 is 0 Å². The second-order valence-electron chi connectivity index (χ2n) is 7.95. The van der Waals surface area contributed by atoms with Crippen molar-refractivity contribution in [3.8, 4) is 0 Å². The molecule has 6 nitrogen and oxygen atoms in total. The molecule has 4 rings (SSSR count). The van der Waals surface area contributed by atoms with Gasteiger partial charge in [0.1, 0.15) is 0 Å². The first-order chi connectivity index (χ1) is 13.6. The number of aromatic nitrogens is 1. The molecule has 2 atom stereocenters. The molecule has 1 aliphatic heterocycles. The van der Waals surface area contributed by atoms with E-state index in [2.05, 4.69) is 10.3 Å². The lowest BCUT2D eigenvalue weighted by molar-refractivity contribution is -0.132. The zero-order valence-electron chi connectivity index (χ0n) is 16.2. The van der Waals surface area contributed by atoms with Crippen molar-refractivity contribution in [3.05, 3.63) is 66.0 Å². The van der Waals surface area contributed by atoms with Crippen LogP contribution < -0.4 is 5.32 Å². The van der Waals surface area contributed by atoms with Crippen molar-refractivity contribution in [2.24, 2.45) is 11.3 Å². The van der Waals surface area contributed by atoms with Gasteiger partial charge in [-0.2, -0.15) is 0 Å². The van der Waals surface area contributed by atoms with Gasteiger partial charge in [-0.3, -0.25) is 9.78 Å². The van der Waals surface area contributed by atoms with Crippen molar-refractivity contribution in [1.82, 2.24) is 20.1 Å². The molecule has 2 aliphatic rings. The van der Waals surface area contributed by atoms with Crippen LogP contribution in [0.3, 0.4) is 0 Å². The second-order valence-corrected chi connectivity index (χ2v) is 7.95. The van der Waals surface area contributed by atoms with E-state index in [1.165, 1.54) is 0 Å². The van der Waals surface area contributed by atoms with Crippen molar-refractivity contribution in [2.75, 3.05) is 20.1 Å². The third-order valence-electron chi connectivity index (χ3n) is 5.95. The van der Waals surface area contributed by atoms with Crippen LogP contribution in [0.1, 0.15) is 24.1 Å². The Kier molecular flexibility index (Phi) is 5.03. The van der Waals surface area contributed by atoms with Gasteiger partial charge < -0.3 is 15.1 Å². The van der Waals surface area contributed by atoms with Crippen molar-refractivity contribution in [2.45, 2.75) is 25.9 Å². The predicted molar refractivity (Wildman–Crippen MR) is 106 cm³/mol. The normalized spacial score (nSPS) is 22.9. The number of likely N-dealkylation sites (tertiary alicyclic amines) is 1. The van der Waals surface area contributed by atoms with E-state index < -0.39 is 0 Å². The number of carbonyl (C=O) groups excluding carboxylic acids is 2. The zero-order chi connectivity index (χ0) is 19.6. The van der Waals surface area contributed by atoms with Crippen LogP contribution in [0.5, 0.6) is 0 Å². The number of hydrogen-bond acceptors (Lipinski definition) is 3. The molecule has 1 N–H and O–H groups in total. The van der Waals surface area contributed by atoms with Gasteiger partial charge in [0.15, 0.2) is 0 Å². The van der Waals surface area contributed by atoms with Crippen molar-refractivity contribution in [1.29, 1.82) is 0 Å². The maximum atomic E-state index is 12.8. The Morgan fingerprint density at radius 1 is 1.21 bits per heavy atom. The highest BCUT2D eigenvalue weighted by Crippen LogP contribution is 2.59. The molecule has 0 unspecified atom stereocenters. The molecule has 3 amide bonds. The molecule has 6 heteroatoms. The first-order valence-electron chi connectivity index (χ1n) is 9.79. The Bertz CT molecular complexity index is 842. The van der Waals surface area contributed by atoms with E-state index in [4.69, 9.17) is 0 Å². The summed E-state index contributed by atoms with van der Waals surface area (Å²) in [6.45, 7) is 2.43. The Labute approximate surface area is 165 Å². The number of amides is 3. The van der Waals surface area contributed by atoms with Crippen LogP contribution in [-0.4, -0.2) is 46.9 Å². The maximum Gasteiger partial charge on any atom is 0.317 e. The minimum atomic E-state index is -0.0410. The fraction of sp³-hybridized carbons (Fsp3) is 0.409. The van der Waals surface area contributed by atoms with Crippen molar-refractivity contribution < 1.29 is 9.59 Å². The highest BCUT2D eigenvalue weighted by molar-refractivity contribution is 5.83. The number of carbonyl (C=O) groups is 2. The van der Waals surface area contributed by atoms with Gasteiger partial charge in [0, 0.05) is 44.2 Å². The number of pyridine rings is 1. The quantitative estimate of drug-likeness (QED) is 0.870. The van der Waals surface area contributed by atoms with Gasteiger partial charge in [0.05, 0.1) is 12.2 Å². The predicted octanol–water partition coefficient (Wildman–Crippen LogP) is 2.66. The molecule has 146 valence electrons. The summed E-state index contributed by atoms with van der Waals surface area (Å²) >= 11 is 0. The topological polar surface area (TPSA) is 65.5 Å². The third kappa shape index (κ3) is 3.86. The molecular weight excluding hydrogens is 352 g/mol. The SMILES string of the molecule is CN(Cc1ccccn1)C(=O)[C@H]1C[C@]12CCN(C(=O)NCc1ccccc1)C2. The summed E-state index contributed by atoms with van der Waals surface area (Å²) in [5.41, 5.74) is 1.95. The van der Waals surface area contributed by atoms with Gasteiger partial charge in [0.2, 0.25) is 5.91 Å². The van der Waals surface area contributed by atoms with Gasteiger partial charge in [-0.1, -0.05) is 36.4 Å². The van der Waals surface area contributed by atoms with Crippen LogP contribution in [0.2, 0.25) is 0 Å². The van der Waals surface area contributed by atoms with E-state index in [1.807, 2.05) is 60.5 Å². The molecule has 2 fully saturated rings. The summed E-state index contributed by atoms with van der Waals surface area (Å²) in [5.74, 6) is 0.185. The molecule has 1 saturated heterocycles. The Balaban J connectivity index is 1.28. The average Bonchev–Trinajstić information content (AvgIpc) is 3.26. The van der Waals surface area contributed by atoms with Crippen LogP contribution in [-0.2, 0) is 17.9 Å². The highest BCUT2D eigenvalue weighted by atomic mass is 16.2. The monoisotopic (exact) mass is 378 g/mol. The van der Waals surface area contributed by atoms with Gasteiger partial charge in [0.25, 0.3) is 0 Å². The molecule has 1 aromatic heterocycles. The molecule has 1 spiro atoms. The largest absolute Gasteiger partial charge is 0.340 e. The fourth-order valence-electron chi connectivity index (χ4n) is 4.18. The number of nitrogens with one attached hydrogen (secondary N) is 1. The first-order valence-corrected chi connectivity index (χ1v) is 9.79. The summed E-state index contributed by atoms with van der Waals surface area (Å²) in [6.07, 6.45) is 3.52. The minimum Gasteiger partial charge on any atom is -0.340 e. The smallest absolute Gasteiger partial charge is 0.317 e. The van der Waals surface area contributed by atoms with Crippen LogP contribution in [0.25, 0.3) is 0 Å². The third-order valence-corrected chi connectivity index (χ3v) is 5.95. The molecule has 2 aromatic rings. The zero-order valence-corrected chi connectivity index (χ0v) is 16.2. The van der Waals surface area contributed by atoms with E-state index in [1.54, 1.807) is 11.1 Å². The van der Waals surface area contributed by atoms with E-state index in [9.17, 15) is 9.59 Å². The maximum absolute atomic E-state index is 12.8. The molecule has 0 radical (unpaired) electrons. The minimum absolute atomic E-state index is 0.0214.